The summed E-state index contributed by atoms with van der Waals surface area (Å²) in [5.74, 6) is -0.197. The Hall–Kier alpha value is -1.85. The second-order valence-corrected chi connectivity index (χ2v) is 3.41. The van der Waals surface area contributed by atoms with Crippen LogP contribution in [0.4, 0.5) is 5.82 Å². The van der Waals surface area contributed by atoms with Gasteiger partial charge in [0.15, 0.2) is 0 Å². The van der Waals surface area contributed by atoms with E-state index in [4.69, 9.17) is 5.73 Å². The van der Waals surface area contributed by atoms with Gasteiger partial charge < -0.3 is 16.0 Å². The number of aromatic nitrogens is 2. The Balaban J connectivity index is 2.89. The summed E-state index contributed by atoms with van der Waals surface area (Å²) in [7, 11) is 0. The van der Waals surface area contributed by atoms with E-state index in [-0.39, 0.29) is 5.56 Å². The fourth-order valence-electron chi connectivity index (χ4n) is 0.819. The number of carbonyl (C=O) groups excluding carboxylic acids is 1. The zero-order chi connectivity index (χ0) is 10.8. The van der Waals surface area contributed by atoms with Crippen LogP contribution in [0.1, 0.15) is 13.8 Å². The number of nitrogens with zero attached hydrogens (tertiary/aromatic N) is 1. The molecule has 0 saturated carbocycles. The number of hydrogen-bond acceptors (Lipinski definition) is 4. The minimum Gasteiger partial charge on any atom is -0.368 e. The van der Waals surface area contributed by atoms with Crippen LogP contribution in [0.2, 0.25) is 0 Å². The molecule has 0 aromatic carbocycles. The lowest BCUT2D eigenvalue weighted by molar-refractivity contribution is -0.121. The molecule has 0 unspecified atom stereocenters. The predicted octanol–water partition coefficient (Wildman–Crippen LogP) is -0.554. The number of primary amides is 1. The number of hydrogen-bond donors (Lipinski definition) is 3. The smallest absolute Gasteiger partial charge is 0.252 e. The molecule has 1 heterocycles. The third-order valence-corrected chi connectivity index (χ3v) is 1.73. The van der Waals surface area contributed by atoms with Crippen molar-refractivity contribution in [1.82, 2.24) is 9.97 Å². The normalized spacial score (nSPS) is 11.0. The van der Waals surface area contributed by atoms with Crippen LogP contribution in [-0.4, -0.2) is 21.4 Å². The highest BCUT2D eigenvalue weighted by molar-refractivity contribution is 5.86. The Bertz CT molecular complexity index is 396. The summed E-state index contributed by atoms with van der Waals surface area (Å²) in [4.78, 5) is 28.0. The Kier molecular flexibility index (Phi) is 2.55. The van der Waals surface area contributed by atoms with Crippen molar-refractivity contribution >= 4 is 11.7 Å². The van der Waals surface area contributed by atoms with Crippen LogP contribution >= 0.6 is 0 Å². The molecule has 0 aliphatic heterocycles. The van der Waals surface area contributed by atoms with Crippen molar-refractivity contribution in [2.45, 2.75) is 19.4 Å². The largest absolute Gasteiger partial charge is 0.368 e. The fourth-order valence-corrected chi connectivity index (χ4v) is 0.819. The molecule has 0 aliphatic carbocycles. The van der Waals surface area contributed by atoms with Gasteiger partial charge >= 0.3 is 0 Å². The van der Waals surface area contributed by atoms with Gasteiger partial charge in [0.2, 0.25) is 5.91 Å². The number of nitrogens with one attached hydrogen (secondary N) is 2. The third kappa shape index (κ3) is 2.32. The molecular weight excluding hydrogens is 184 g/mol. The maximum Gasteiger partial charge on any atom is 0.252 e. The Morgan fingerprint density at radius 1 is 1.64 bits per heavy atom. The van der Waals surface area contributed by atoms with E-state index in [1.165, 1.54) is 12.4 Å². The van der Waals surface area contributed by atoms with Crippen LogP contribution in [0.15, 0.2) is 17.2 Å². The molecule has 0 fully saturated rings. The van der Waals surface area contributed by atoms with Gasteiger partial charge in [-0.25, -0.2) is 4.98 Å². The predicted molar refractivity (Wildman–Crippen MR) is 51.8 cm³/mol. The molecule has 0 bridgehead atoms. The summed E-state index contributed by atoms with van der Waals surface area (Å²) >= 11 is 0. The van der Waals surface area contributed by atoms with E-state index >= 15 is 0 Å². The summed E-state index contributed by atoms with van der Waals surface area (Å²) in [5, 5.41) is 2.75. The molecule has 76 valence electrons. The molecule has 6 heteroatoms. The monoisotopic (exact) mass is 196 g/mol. The molecule has 1 amide bonds. The van der Waals surface area contributed by atoms with E-state index in [1.54, 1.807) is 13.8 Å². The van der Waals surface area contributed by atoms with E-state index < -0.39 is 11.4 Å². The summed E-state index contributed by atoms with van der Waals surface area (Å²) in [5.41, 5.74) is 3.92. The van der Waals surface area contributed by atoms with Crippen molar-refractivity contribution in [2.75, 3.05) is 5.32 Å². The van der Waals surface area contributed by atoms with Crippen molar-refractivity contribution in [3.8, 4) is 0 Å². The molecule has 1 aromatic heterocycles. The first kappa shape index (κ1) is 10.2. The highest BCUT2D eigenvalue weighted by Gasteiger charge is 2.24. The van der Waals surface area contributed by atoms with Crippen LogP contribution in [-0.2, 0) is 4.79 Å². The molecule has 14 heavy (non-hydrogen) atoms. The third-order valence-electron chi connectivity index (χ3n) is 1.73. The lowest BCUT2D eigenvalue weighted by Crippen LogP contribution is -2.45. The first-order valence-corrected chi connectivity index (χ1v) is 4.04. The Labute approximate surface area is 80.5 Å². The molecule has 0 saturated heterocycles. The highest BCUT2D eigenvalue weighted by Crippen LogP contribution is 2.09. The number of nitrogens with two attached hydrogens (primary N) is 1. The van der Waals surface area contributed by atoms with Crippen molar-refractivity contribution in [2.24, 2.45) is 5.73 Å². The van der Waals surface area contributed by atoms with E-state index in [2.05, 4.69) is 15.3 Å². The van der Waals surface area contributed by atoms with Gasteiger partial charge in [0, 0.05) is 6.07 Å². The number of carbonyl (C=O) groups is 1. The second kappa shape index (κ2) is 3.49. The quantitative estimate of drug-likeness (QED) is 0.603. The molecule has 0 radical (unpaired) electrons. The van der Waals surface area contributed by atoms with E-state index in [0.29, 0.717) is 5.82 Å². The van der Waals surface area contributed by atoms with E-state index in [9.17, 15) is 9.59 Å². The number of H-pyrrole nitrogens is 1. The first-order valence-electron chi connectivity index (χ1n) is 4.04. The lowest BCUT2D eigenvalue weighted by atomic mass is 10.1. The van der Waals surface area contributed by atoms with Crippen LogP contribution in [0.3, 0.4) is 0 Å². The van der Waals surface area contributed by atoms with Crippen molar-refractivity contribution in [1.29, 1.82) is 0 Å². The summed E-state index contributed by atoms with van der Waals surface area (Å²) in [6.07, 6.45) is 1.25. The number of anilines is 1. The van der Waals surface area contributed by atoms with Crippen molar-refractivity contribution in [3.63, 3.8) is 0 Å². The second-order valence-electron chi connectivity index (χ2n) is 3.41. The standard InChI is InChI=1S/C8H12N4O2/c1-8(2,7(9)14)12-5-3-6(13)11-4-10-5/h3-4H,1-2H3,(H2,9,14)(H2,10,11,12,13). The summed E-state index contributed by atoms with van der Waals surface area (Å²) < 4.78 is 0. The van der Waals surface area contributed by atoms with Gasteiger partial charge in [0.25, 0.3) is 5.56 Å². The van der Waals surface area contributed by atoms with Gasteiger partial charge in [0.05, 0.1) is 6.33 Å². The van der Waals surface area contributed by atoms with Gasteiger partial charge in [0.1, 0.15) is 11.4 Å². The van der Waals surface area contributed by atoms with Crippen molar-refractivity contribution in [3.05, 3.63) is 22.7 Å². The average molecular weight is 196 g/mol. The van der Waals surface area contributed by atoms with Gasteiger partial charge in [-0.1, -0.05) is 0 Å². The average Bonchev–Trinajstić information content (AvgIpc) is 2.02. The molecule has 6 nitrogen and oxygen atoms in total. The molecule has 0 atom stereocenters. The number of aromatic amines is 1. The van der Waals surface area contributed by atoms with E-state index in [0.717, 1.165) is 0 Å². The van der Waals surface area contributed by atoms with Gasteiger partial charge in [-0.2, -0.15) is 0 Å². The van der Waals surface area contributed by atoms with Gasteiger partial charge in [-0.05, 0) is 13.8 Å². The minimum absolute atomic E-state index is 0.289. The summed E-state index contributed by atoms with van der Waals surface area (Å²) in [6, 6.07) is 1.25. The maximum absolute atomic E-state index is 11.0. The molecule has 0 spiro atoms. The fraction of sp³-hybridized carbons (Fsp3) is 0.375. The molecular formula is C8H12N4O2. The number of amides is 1. The summed E-state index contributed by atoms with van der Waals surface area (Å²) in [6.45, 7) is 3.22. The molecule has 1 rings (SSSR count). The molecule has 4 N–H and O–H groups in total. The van der Waals surface area contributed by atoms with Crippen LogP contribution in [0.5, 0.6) is 0 Å². The Morgan fingerprint density at radius 2 is 2.29 bits per heavy atom. The highest BCUT2D eigenvalue weighted by atomic mass is 16.1. The van der Waals surface area contributed by atoms with E-state index in [1.807, 2.05) is 0 Å². The molecule has 0 aliphatic rings. The number of rotatable bonds is 3. The van der Waals surface area contributed by atoms with Gasteiger partial charge in [-0.15, -0.1) is 0 Å². The Morgan fingerprint density at radius 3 is 2.79 bits per heavy atom. The lowest BCUT2D eigenvalue weighted by Gasteiger charge is -2.22. The molecule has 1 aromatic rings. The minimum atomic E-state index is -0.930. The van der Waals surface area contributed by atoms with Crippen LogP contribution in [0, 0.1) is 0 Å². The topological polar surface area (TPSA) is 101 Å². The zero-order valence-electron chi connectivity index (χ0n) is 8.00. The first-order chi connectivity index (χ1) is 6.42. The van der Waals surface area contributed by atoms with Crippen LogP contribution < -0.4 is 16.6 Å². The van der Waals surface area contributed by atoms with Crippen molar-refractivity contribution < 1.29 is 4.79 Å². The SMILES string of the molecule is CC(C)(Nc1cc(=O)[nH]cn1)C(N)=O. The van der Waals surface area contributed by atoms with Gasteiger partial charge in [-0.3, -0.25) is 9.59 Å². The maximum atomic E-state index is 11.0. The van der Waals surface area contributed by atoms with Crippen LogP contribution in [0.25, 0.3) is 0 Å². The zero-order valence-corrected chi connectivity index (χ0v) is 8.00.